The van der Waals surface area contributed by atoms with Gasteiger partial charge in [0.05, 0.1) is 5.56 Å². The smallest absolute Gasteiger partial charge is 0.321 e. The molecular weight excluding hydrogens is 311 g/mol. The van der Waals surface area contributed by atoms with Gasteiger partial charge in [0.15, 0.2) is 0 Å². The number of halogens is 3. The summed E-state index contributed by atoms with van der Waals surface area (Å²) >= 11 is 1.50. The topological polar surface area (TPSA) is 29.1 Å². The highest BCUT2D eigenvalue weighted by atomic mass is 32.1. The zero-order valence-corrected chi connectivity index (χ0v) is 12.0. The highest BCUT2D eigenvalue weighted by molar-refractivity contribution is 7.10. The van der Waals surface area contributed by atoms with Crippen molar-refractivity contribution in [2.24, 2.45) is 0 Å². The van der Waals surface area contributed by atoms with E-state index in [4.69, 9.17) is 0 Å². The van der Waals surface area contributed by atoms with E-state index >= 15 is 0 Å². The van der Waals surface area contributed by atoms with Crippen molar-refractivity contribution in [2.75, 3.05) is 0 Å². The van der Waals surface area contributed by atoms with Crippen molar-refractivity contribution in [3.63, 3.8) is 0 Å². The highest BCUT2D eigenvalue weighted by Gasteiger charge is 2.30. The van der Waals surface area contributed by atoms with Crippen LogP contribution in [-0.4, -0.2) is 5.91 Å². The van der Waals surface area contributed by atoms with Crippen molar-refractivity contribution >= 4 is 29.0 Å². The summed E-state index contributed by atoms with van der Waals surface area (Å²) in [5, 5.41) is 4.57. The molecule has 2 heterocycles. The zero-order chi connectivity index (χ0) is 15.7. The van der Waals surface area contributed by atoms with Crippen molar-refractivity contribution in [1.29, 1.82) is 0 Å². The fourth-order valence-electron chi connectivity index (χ4n) is 2.08. The van der Waals surface area contributed by atoms with E-state index in [0.717, 1.165) is 17.0 Å². The number of nitrogens with one attached hydrogen (secondary N) is 1. The largest absolute Gasteiger partial charge is 0.416 e. The number of rotatable bonds is 2. The molecule has 0 bridgehead atoms. The van der Waals surface area contributed by atoms with Gasteiger partial charge in [0.1, 0.15) is 0 Å². The summed E-state index contributed by atoms with van der Waals surface area (Å²) in [6.45, 7) is 0. The fourth-order valence-corrected chi connectivity index (χ4v) is 2.75. The van der Waals surface area contributed by atoms with Crippen molar-refractivity contribution in [3.05, 3.63) is 69.4 Å². The van der Waals surface area contributed by atoms with Gasteiger partial charge in [-0.2, -0.15) is 13.2 Å². The average Bonchev–Trinajstić information content (AvgIpc) is 3.09. The second-order valence-corrected chi connectivity index (χ2v) is 5.68. The molecule has 1 amide bonds. The molecule has 1 N–H and O–H groups in total. The Morgan fingerprint density at radius 2 is 1.82 bits per heavy atom. The molecule has 0 spiro atoms. The predicted octanol–water partition coefficient (Wildman–Crippen LogP) is 4.32. The van der Waals surface area contributed by atoms with E-state index in [-0.39, 0.29) is 5.91 Å². The number of amides is 1. The quantitative estimate of drug-likeness (QED) is 0.820. The first-order chi connectivity index (χ1) is 10.4. The molecular formula is C16H10F3NOS. The molecule has 2 nitrogen and oxygen atoms in total. The zero-order valence-electron chi connectivity index (χ0n) is 11.1. The lowest BCUT2D eigenvalue weighted by atomic mass is 10.1. The van der Waals surface area contributed by atoms with Crippen LogP contribution in [0.2, 0.25) is 0 Å². The lowest BCUT2D eigenvalue weighted by molar-refractivity contribution is -0.137. The number of carbonyl (C=O) groups is 1. The molecule has 1 aromatic carbocycles. The summed E-state index contributed by atoms with van der Waals surface area (Å²) in [4.78, 5) is 12.8. The Labute approximate surface area is 128 Å². The molecule has 0 radical (unpaired) electrons. The molecule has 1 aliphatic heterocycles. The van der Waals surface area contributed by atoms with Gasteiger partial charge in [-0.3, -0.25) is 4.79 Å². The van der Waals surface area contributed by atoms with Crippen molar-refractivity contribution in [3.8, 4) is 0 Å². The molecule has 6 heteroatoms. The summed E-state index contributed by atoms with van der Waals surface area (Å²) < 4.78 is 37.6. The number of carbonyl (C=O) groups excluding carboxylic acids is 1. The molecule has 0 atom stereocenters. The first-order valence-corrected chi connectivity index (χ1v) is 7.27. The van der Waals surface area contributed by atoms with Crippen LogP contribution in [0.1, 0.15) is 16.0 Å². The second kappa shape index (κ2) is 5.46. The van der Waals surface area contributed by atoms with Gasteiger partial charge in [-0.15, -0.1) is 11.3 Å². The summed E-state index contributed by atoms with van der Waals surface area (Å²) in [6, 6.07) is 8.47. The minimum Gasteiger partial charge on any atom is -0.321 e. The first-order valence-electron chi connectivity index (χ1n) is 6.39. The van der Waals surface area contributed by atoms with Gasteiger partial charge in [-0.1, -0.05) is 18.2 Å². The van der Waals surface area contributed by atoms with Crippen LogP contribution < -0.4 is 5.32 Å². The number of alkyl halides is 3. The first kappa shape index (κ1) is 14.6. The van der Waals surface area contributed by atoms with Crippen molar-refractivity contribution in [2.45, 2.75) is 6.18 Å². The summed E-state index contributed by atoms with van der Waals surface area (Å²) in [5.74, 6) is -0.261. The molecule has 0 saturated heterocycles. The van der Waals surface area contributed by atoms with E-state index in [2.05, 4.69) is 5.32 Å². The highest BCUT2D eigenvalue weighted by Crippen LogP contribution is 2.30. The maximum Gasteiger partial charge on any atom is 0.416 e. The van der Waals surface area contributed by atoms with Crippen LogP contribution >= 0.6 is 11.3 Å². The van der Waals surface area contributed by atoms with E-state index in [0.29, 0.717) is 16.8 Å². The molecule has 22 heavy (non-hydrogen) atoms. The van der Waals surface area contributed by atoms with Crippen LogP contribution in [0.3, 0.4) is 0 Å². The predicted molar refractivity (Wildman–Crippen MR) is 79.9 cm³/mol. The van der Waals surface area contributed by atoms with E-state index in [9.17, 15) is 18.0 Å². The van der Waals surface area contributed by atoms with Crippen LogP contribution in [0.5, 0.6) is 0 Å². The van der Waals surface area contributed by atoms with Crippen molar-refractivity contribution in [1.82, 2.24) is 5.32 Å². The number of thiophene rings is 1. The third-order valence-electron chi connectivity index (χ3n) is 3.17. The van der Waals surface area contributed by atoms with Gasteiger partial charge in [0.2, 0.25) is 0 Å². The van der Waals surface area contributed by atoms with Gasteiger partial charge >= 0.3 is 6.18 Å². The summed E-state index contributed by atoms with van der Waals surface area (Å²) in [7, 11) is 0. The minimum absolute atomic E-state index is 0.261. The number of benzene rings is 1. The van der Waals surface area contributed by atoms with E-state index < -0.39 is 11.7 Å². The molecule has 112 valence electrons. The fraction of sp³-hybridized carbons (Fsp3) is 0.0625. The van der Waals surface area contributed by atoms with Gasteiger partial charge < -0.3 is 5.32 Å². The van der Waals surface area contributed by atoms with Crippen molar-refractivity contribution < 1.29 is 18.0 Å². The van der Waals surface area contributed by atoms with Gasteiger partial charge in [-0.05, 0) is 41.3 Å². The summed E-state index contributed by atoms with van der Waals surface area (Å²) in [5.41, 5.74) is 0.810. The Bertz CT molecular complexity index is 756. The Morgan fingerprint density at radius 1 is 1.09 bits per heavy atom. The molecule has 0 unspecified atom stereocenters. The second-order valence-electron chi connectivity index (χ2n) is 4.70. The number of hydrogen-bond acceptors (Lipinski definition) is 2. The van der Waals surface area contributed by atoms with Gasteiger partial charge in [0.25, 0.3) is 5.91 Å². The van der Waals surface area contributed by atoms with Gasteiger partial charge in [-0.25, -0.2) is 0 Å². The van der Waals surface area contributed by atoms with Crippen LogP contribution in [0.25, 0.3) is 11.8 Å². The van der Waals surface area contributed by atoms with E-state index in [1.807, 2.05) is 17.5 Å². The van der Waals surface area contributed by atoms with Crippen LogP contribution in [-0.2, 0) is 11.0 Å². The standard InChI is InChI=1S/C16H10F3NOS/c17-16(18,19)12-5-3-10(4-6-12)14-9-11(15(21)20-14)8-13-2-1-7-22-13/h1-9H,(H,20,21)/b11-8+. The van der Waals surface area contributed by atoms with E-state index in [1.54, 1.807) is 12.2 Å². The van der Waals surface area contributed by atoms with E-state index in [1.165, 1.54) is 23.5 Å². The van der Waals surface area contributed by atoms with Crippen LogP contribution in [0, 0.1) is 0 Å². The van der Waals surface area contributed by atoms with Gasteiger partial charge in [0, 0.05) is 16.1 Å². The van der Waals surface area contributed by atoms with Crippen LogP contribution in [0.4, 0.5) is 13.2 Å². The molecule has 1 aromatic heterocycles. The lowest BCUT2D eigenvalue weighted by Crippen LogP contribution is -2.15. The lowest BCUT2D eigenvalue weighted by Gasteiger charge is -2.08. The Kier molecular flexibility index (Phi) is 3.62. The Hall–Kier alpha value is -2.34. The number of hydrogen-bond donors (Lipinski definition) is 1. The Balaban J connectivity index is 1.88. The summed E-state index contributed by atoms with van der Waals surface area (Å²) in [6.07, 6.45) is -0.974. The normalized spacial score (nSPS) is 16.8. The SMILES string of the molecule is O=C1NC(c2ccc(C(F)(F)F)cc2)=C/C1=C\c1cccs1. The molecule has 0 aliphatic carbocycles. The minimum atomic E-state index is -4.37. The maximum absolute atomic E-state index is 12.5. The monoisotopic (exact) mass is 321 g/mol. The molecule has 3 rings (SSSR count). The third kappa shape index (κ3) is 2.96. The molecule has 1 aliphatic rings. The Morgan fingerprint density at radius 3 is 2.41 bits per heavy atom. The molecule has 0 saturated carbocycles. The van der Waals surface area contributed by atoms with Crippen LogP contribution in [0.15, 0.2) is 53.4 Å². The average molecular weight is 321 g/mol. The molecule has 2 aromatic rings. The third-order valence-corrected chi connectivity index (χ3v) is 3.99. The maximum atomic E-state index is 12.5. The molecule has 0 fully saturated rings.